The summed E-state index contributed by atoms with van der Waals surface area (Å²) >= 11 is 5.80. The highest BCUT2D eigenvalue weighted by molar-refractivity contribution is 6.30. The topological polar surface area (TPSA) is 70.2 Å². The SMILES string of the molecule is CCNC(=O)c1cccc(NC(=O)CNc2ccc(Cl)cc2)c1. The number of carbonyl (C=O) groups is 2. The summed E-state index contributed by atoms with van der Waals surface area (Å²) in [5.41, 5.74) is 1.90. The highest BCUT2D eigenvalue weighted by atomic mass is 35.5. The van der Waals surface area contributed by atoms with Crippen LogP contribution in [0.1, 0.15) is 17.3 Å². The van der Waals surface area contributed by atoms with Crippen LogP contribution < -0.4 is 16.0 Å². The van der Waals surface area contributed by atoms with E-state index in [0.29, 0.717) is 22.8 Å². The molecule has 120 valence electrons. The fourth-order valence-electron chi connectivity index (χ4n) is 1.96. The molecule has 0 saturated carbocycles. The first-order valence-corrected chi connectivity index (χ1v) is 7.64. The van der Waals surface area contributed by atoms with Crippen molar-refractivity contribution in [3.63, 3.8) is 0 Å². The molecule has 0 heterocycles. The Morgan fingerprint density at radius 1 is 1.04 bits per heavy atom. The molecule has 0 unspecified atom stereocenters. The zero-order valence-electron chi connectivity index (χ0n) is 12.7. The van der Waals surface area contributed by atoms with Gasteiger partial charge in [0, 0.05) is 28.5 Å². The third kappa shape index (κ3) is 5.30. The van der Waals surface area contributed by atoms with E-state index in [9.17, 15) is 9.59 Å². The van der Waals surface area contributed by atoms with Crippen LogP contribution in [-0.2, 0) is 4.79 Å². The Hall–Kier alpha value is -2.53. The van der Waals surface area contributed by atoms with Gasteiger partial charge in [-0.05, 0) is 49.4 Å². The second-order valence-electron chi connectivity index (χ2n) is 4.85. The lowest BCUT2D eigenvalue weighted by Gasteiger charge is -2.09. The first kappa shape index (κ1) is 16.8. The van der Waals surface area contributed by atoms with Gasteiger partial charge in [-0.25, -0.2) is 0 Å². The van der Waals surface area contributed by atoms with Crippen molar-refractivity contribution in [2.24, 2.45) is 0 Å². The molecule has 0 spiro atoms. The Bertz CT molecular complexity index is 686. The van der Waals surface area contributed by atoms with Gasteiger partial charge in [0.1, 0.15) is 0 Å². The molecule has 0 bridgehead atoms. The molecule has 0 aliphatic heterocycles. The van der Waals surface area contributed by atoms with Gasteiger partial charge < -0.3 is 16.0 Å². The zero-order chi connectivity index (χ0) is 16.7. The van der Waals surface area contributed by atoms with Gasteiger partial charge in [0.05, 0.1) is 6.54 Å². The maximum absolute atomic E-state index is 12.0. The van der Waals surface area contributed by atoms with Crippen molar-refractivity contribution in [3.05, 3.63) is 59.1 Å². The summed E-state index contributed by atoms with van der Waals surface area (Å²) in [5, 5.41) is 9.11. The highest BCUT2D eigenvalue weighted by Crippen LogP contribution is 2.14. The Balaban J connectivity index is 1.91. The molecule has 0 aromatic heterocycles. The van der Waals surface area contributed by atoms with Crippen LogP contribution in [0.25, 0.3) is 0 Å². The van der Waals surface area contributed by atoms with Crippen molar-refractivity contribution < 1.29 is 9.59 Å². The van der Waals surface area contributed by atoms with E-state index in [1.165, 1.54) is 0 Å². The summed E-state index contributed by atoms with van der Waals surface area (Å²) in [6.07, 6.45) is 0. The molecule has 5 nitrogen and oxygen atoms in total. The molecule has 0 aliphatic rings. The molecule has 0 radical (unpaired) electrons. The number of nitrogens with one attached hydrogen (secondary N) is 3. The third-order valence-corrected chi connectivity index (χ3v) is 3.30. The van der Waals surface area contributed by atoms with Gasteiger partial charge in [-0.1, -0.05) is 17.7 Å². The number of halogens is 1. The van der Waals surface area contributed by atoms with Gasteiger partial charge in [-0.3, -0.25) is 9.59 Å². The lowest BCUT2D eigenvalue weighted by atomic mass is 10.2. The van der Waals surface area contributed by atoms with Crippen LogP contribution in [0, 0.1) is 0 Å². The van der Waals surface area contributed by atoms with Crippen LogP contribution >= 0.6 is 11.6 Å². The number of benzene rings is 2. The third-order valence-electron chi connectivity index (χ3n) is 3.04. The summed E-state index contributed by atoms with van der Waals surface area (Å²) in [4.78, 5) is 23.7. The van der Waals surface area contributed by atoms with Gasteiger partial charge in [0.15, 0.2) is 0 Å². The van der Waals surface area contributed by atoms with Gasteiger partial charge in [0.25, 0.3) is 5.91 Å². The molecule has 6 heteroatoms. The predicted molar refractivity (Wildman–Crippen MR) is 93.0 cm³/mol. The molecule has 2 aromatic rings. The standard InChI is InChI=1S/C17H18ClN3O2/c1-2-19-17(23)12-4-3-5-15(10-12)21-16(22)11-20-14-8-6-13(18)7-9-14/h3-10,20H,2,11H2,1H3,(H,19,23)(H,21,22). The van der Waals surface area contributed by atoms with Crippen molar-refractivity contribution in [2.45, 2.75) is 6.92 Å². The van der Waals surface area contributed by atoms with Crippen LogP contribution in [0.5, 0.6) is 0 Å². The predicted octanol–water partition coefficient (Wildman–Crippen LogP) is 3.14. The lowest BCUT2D eigenvalue weighted by molar-refractivity contribution is -0.114. The largest absolute Gasteiger partial charge is 0.376 e. The van der Waals surface area contributed by atoms with Crippen molar-refractivity contribution >= 4 is 34.8 Å². The molecular formula is C17H18ClN3O2. The Morgan fingerprint density at radius 2 is 1.78 bits per heavy atom. The van der Waals surface area contributed by atoms with Crippen LogP contribution in [0.15, 0.2) is 48.5 Å². The number of hydrogen-bond donors (Lipinski definition) is 3. The molecular weight excluding hydrogens is 314 g/mol. The smallest absolute Gasteiger partial charge is 0.251 e. The monoisotopic (exact) mass is 331 g/mol. The molecule has 0 aliphatic carbocycles. The first-order valence-electron chi connectivity index (χ1n) is 7.26. The molecule has 2 rings (SSSR count). The van der Waals surface area contributed by atoms with E-state index in [-0.39, 0.29) is 18.4 Å². The van der Waals surface area contributed by atoms with Gasteiger partial charge in [-0.2, -0.15) is 0 Å². The van der Waals surface area contributed by atoms with E-state index < -0.39 is 0 Å². The normalized spacial score (nSPS) is 10.0. The Labute approximate surface area is 140 Å². The Morgan fingerprint density at radius 3 is 2.48 bits per heavy atom. The summed E-state index contributed by atoms with van der Waals surface area (Å²) in [7, 11) is 0. The van der Waals surface area contributed by atoms with E-state index in [1.807, 2.05) is 6.92 Å². The van der Waals surface area contributed by atoms with Crippen molar-refractivity contribution in [2.75, 3.05) is 23.7 Å². The second kappa shape index (κ2) is 8.19. The molecule has 0 fully saturated rings. The number of carbonyl (C=O) groups excluding carboxylic acids is 2. The van der Waals surface area contributed by atoms with E-state index in [2.05, 4.69) is 16.0 Å². The van der Waals surface area contributed by atoms with E-state index in [4.69, 9.17) is 11.6 Å². The zero-order valence-corrected chi connectivity index (χ0v) is 13.5. The summed E-state index contributed by atoms with van der Waals surface area (Å²) < 4.78 is 0. The van der Waals surface area contributed by atoms with Gasteiger partial charge in [0.2, 0.25) is 5.91 Å². The number of amides is 2. The van der Waals surface area contributed by atoms with E-state index in [0.717, 1.165) is 5.69 Å². The minimum atomic E-state index is -0.201. The number of hydrogen-bond acceptors (Lipinski definition) is 3. The minimum absolute atomic E-state index is 0.118. The summed E-state index contributed by atoms with van der Waals surface area (Å²) in [6, 6.07) is 13.9. The molecule has 2 aromatic carbocycles. The van der Waals surface area contributed by atoms with Crippen molar-refractivity contribution in [3.8, 4) is 0 Å². The van der Waals surface area contributed by atoms with E-state index >= 15 is 0 Å². The highest BCUT2D eigenvalue weighted by Gasteiger charge is 2.07. The maximum Gasteiger partial charge on any atom is 0.251 e. The van der Waals surface area contributed by atoms with Crippen molar-refractivity contribution in [1.82, 2.24) is 5.32 Å². The minimum Gasteiger partial charge on any atom is -0.376 e. The average molecular weight is 332 g/mol. The van der Waals surface area contributed by atoms with Crippen molar-refractivity contribution in [1.29, 1.82) is 0 Å². The molecule has 2 amide bonds. The fraction of sp³-hybridized carbons (Fsp3) is 0.176. The Kier molecular flexibility index (Phi) is 6.00. The summed E-state index contributed by atoms with van der Waals surface area (Å²) in [5.74, 6) is -0.365. The van der Waals surface area contributed by atoms with E-state index in [1.54, 1.807) is 48.5 Å². The molecule has 0 saturated heterocycles. The number of anilines is 2. The maximum atomic E-state index is 12.0. The summed E-state index contributed by atoms with van der Waals surface area (Å²) in [6.45, 7) is 2.53. The molecule has 3 N–H and O–H groups in total. The van der Waals surface area contributed by atoms with Crippen LogP contribution in [0.4, 0.5) is 11.4 Å². The first-order chi connectivity index (χ1) is 11.1. The van der Waals surface area contributed by atoms with Crippen LogP contribution in [0.2, 0.25) is 5.02 Å². The van der Waals surface area contributed by atoms with Crippen LogP contribution in [0.3, 0.4) is 0 Å². The number of rotatable bonds is 6. The second-order valence-corrected chi connectivity index (χ2v) is 5.29. The molecule has 23 heavy (non-hydrogen) atoms. The average Bonchev–Trinajstić information content (AvgIpc) is 2.55. The van der Waals surface area contributed by atoms with Gasteiger partial charge >= 0.3 is 0 Å². The lowest BCUT2D eigenvalue weighted by Crippen LogP contribution is -2.24. The fourth-order valence-corrected chi connectivity index (χ4v) is 2.08. The molecule has 0 atom stereocenters. The van der Waals surface area contributed by atoms with Crippen LogP contribution in [-0.4, -0.2) is 24.9 Å². The quantitative estimate of drug-likeness (QED) is 0.761. The van der Waals surface area contributed by atoms with Gasteiger partial charge in [-0.15, -0.1) is 0 Å².